The fourth-order valence-corrected chi connectivity index (χ4v) is 5.09. The Morgan fingerprint density at radius 1 is 1.30 bits per heavy atom. The first kappa shape index (κ1) is 26.1. The number of thiazole rings is 1. The molecule has 194 valence electrons. The van der Waals surface area contributed by atoms with E-state index in [4.69, 9.17) is 9.47 Å². The number of esters is 1. The largest absolute Gasteiger partial charge is 0.496 e. The number of methoxy groups -OCH3 is 1. The molecule has 4 rings (SSSR count). The zero-order valence-corrected chi connectivity index (χ0v) is 21.6. The molecule has 1 aliphatic heterocycles. The van der Waals surface area contributed by atoms with Crippen molar-refractivity contribution in [2.24, 2.45) is 5.10 Å². The molecular weight excluding hydrogens is 494 g/mol. The van der Waals surface area contributed by atoms with Crippen molar-refractivity contribution in [1.82, 2.24) is 4.98 Å². The third kappa shape index (κ3) is 6.62. The number of aromatic nitrogens is 1. The lowest BCUT2D eigenvalue weighted by atomic mass is 9.88. The van der Waals surface area contributed by atoms with E-state index in [0.29, 0.717) is 34.6 Å². The fraction of sp³-hybridized carbons (Fsp3) is 0.346. The highest BCUT2D eigenvalue weighted by molar-refractivity contribution is 7.13. The molecule has 0 spiro atoms. The first-order valence-electron chi connectivity index (χ1n) is 12.0. The predicted molar refractivity (Wildman–Crippen MR) is 144 cm³/mol. The molecule has 1 aromatic heterocycles. The number of hydrazone groups is 1. The van der Waals surface area contributed by atoms with E-state index in [-0.39, 0.29) is 23.0 Å². The summed E-state index contributed by atoms with van der Waals surface area (Å²) in [5, 5.41) is 18.3. The van der Waals surface area contributed by atoms with Crippen LogP contribution >= 0.6 is 11.3 Å². The predicted octanol–water partition coefficient (Wildman–Crippen LogP) is 5.00. The van der Waals surface area contributed by atoms with E-state index >= 15 is 0 Å². The Labute approximate surface area is 219 Å². The molecule has 0 unspecified atom stereocenters. The van der Waals surface area contributed by atoms with Gasteiger partial charge in [0.05, 0.1) is 37.0 Å². The number of hydrogen-bond donors (Lipinski definition) is 1. The molecule has 3 aromatic rings. The van der Waals surface area contributed by atoms with Crippen LogP contribution in [0.25, 0.3) is 0 Å². The highest BCUT2D eigenvalue weighted by Crippen LogP contribution is 2.37. The molecule has 1 saturated heterocycles. The summed E-state index contributed by atoms with van der Waals surface area (Å²) in [6.07, 6.45) is 3.38. The van der Waals surface area contributed by atoms with Gasteiger partial charge in [-0.1, -0.05) is 24.3 Å². The van der Waals surface area contributed by atoms with Crippen molar-refractivity contribution in [3.63, 3.8) is 0 Å². The average molecular weight is 524 g/mol. The molecule has 0 bridgehead atoms. The van der Waals surface area contributed by atoms with Crippen LogP contribution in [0.15, 0.2) is 52.9 Å². The quantitative estimate of drug-likeness (QED) is 0.171. The third-order valence-corrected chi connectivity index (χ3v) is 6.96. The van der Waals surface area contributed by atoms with Gasteiger partial charge in [-0.2, -0.15) is 5.10 Å². The van der Waals surface area contributed by atoms with Crippen LogP contribution in [0.2, 0.25) is 0 Å². The van der Waals surface area contributed by atoms with Crippen molar-refractivity contribution in [3.8, 4) is 5.75 Å². The van der Waals surface area contributed by atoms with E-state index in [9.17, 15) is 14.9 Å². The molecule has 0 aliphatic carbocycles. The Bertz CT molecular complexity index is 1270. The Morgan fingerprint density at radius 2 is 2.08 bits per heavy atom. The number of nitro benzene ring substituents is 1. The van der Waals surface area contributed by atoms with E-state index in [0.717, 1.165) is 31.7 Å². The number of hydrogen-bond acceptors (Lipinski definition) is 10. The van der Waals surface area contributed by atoms with Gasteiger partial charge in [0.2, 0.25) is 5.13 Å². The lowest BCUT2D eigenvalue weighted by Crippen LogP contribution is -2.33. The number of ether oxygens (including phenoxy) is 2. The van der Waals surface area contributed by atoms with Gasteiger partial charge in [0.1, 0.15) is 11.4 Å². The summed E-state index contributed by atoms with van der Waals surface area (Å²) in [5.74, 6) is 0.907. The maximum absolute atomic E-state index is 11.9. The van der Waals surface area contributed by atoms with Gasteiger partial charge >= 0.3 is 5.97 Å². The molecule has 0 atom stereocenters. The summed E-state index contributed by atoms with van der Waals surface area (Å²) in [5.41, 5.74) is 5.84. The van der Waals surface area contributed by atoms with Crippen molar-refractivity contribution in [2.45, 2.75) is 32.1 Å². The number of carbonyl (C=O) groups excluding carboxylic acids is 1. The molecule has 1 N–H and O–H groups in total. The van der Waals surface area contributed by atoms with E-state index in [1.165, 1.54) is 29.2 Å². The number of anilines is 2. The van der Waals surface area contributed by atoms with Gasteiger partial charge in [-0.3, -0.25) is 20.3 Å². The van der Waals surface area contributed by atoms with Gasteiger partial charge in [0.25, 0.3) is 5.69 Å². The van der Waals surface area contributed by atoms with Gasteiger partial charge in [-0.05, 0) is 43.4 Å². The van der Waals surface area contributed by atoms with Gasteiger partial charge in [0, 0.05) is 30.1 Å². The van der Waals surface area contributed by atoms with Crippen LogP contribution in [0.3, 0.4) is 0 Å². The van der Waals surface area contributed by atoms with Gasteiger partial charge in [0.15, 0.2) is 0 Å². The molecule has 0 amide bonds. The summed E-state index contributed by atoms with van der Waals surface area (Å²) in [6.45, 7) is 3.51. The molecular formula is C26H29N5O5S. The van der Waals surface area contributed by atoms with Crippen LogP contribution in [0.1, 0.15) is 42.5 Å². The van der Waals surface area contributed by atoms with Crippen molar-refractivity contribution in [1.29, 1.82) is 0 Å². The van der Waals surface area contributed by atoms with E-state index in [1.54, 1.807) is 25.5 Å². The van der Waals surface area contributed by atoms with Crippen LogP contribution in [-0.4, -0.2) is 48.9 Å². The van der Waals surface area contributed by atoms with Crippen molar-refractivity contribution >= 4 is 40.0 Å². The molecule has 10 nitrogen and oxygen atoms in total. The lowest BCUT2D eigenvalue weighted by Gasteiger charge is -2.34. The number of para-hydroxylation sites is 1. The third-order valence-electron chi connectivity index (χ3n) is 6.17. The Hall–Kier alpha value is -3.99. The summed E-state index contributed by atoms with van der Waals surface area (Å²) < 4.78 is 10.4. The second-order valence-corrected chi connectivity index (χ2v) is 9.36. The van der Waals surface area contributed by atoms with Crippen LogP contribution in [0.5, 0.6) is 5.75 Å². The monoisotopic (exact) mass is 523 g/mol. The standard InChI is InChI=1S/C26H29N5O5S/c1-3-36-25(32)15-20-17-37-26(28-20)29-27-16-18-8-9-22(23(14-18)31(33)34)30-12-10-19(11-13-30)21-6-4-5-7-24(21)35-2/h4-9,14,16-17,19H,3,10-13,15H2,1-2H3,(H,28,29). The van der Waals surface area contributed by atoms with Crippen LogP contribution in [-0.2, 0) is 16.0 Å². The molecule has 1 aliphatic rings. The smallest absolute Gasteiger partial charge is 0.311 e. The lowest BCUT2D eigenvalue weighted by molar-refractivity contribution is -0.384. The van der Waals surface area contributed by atoms with Gasteiger partial charge < -0.3 is 14.4 Å². The maximum atomic E-state index is 11.9. The molecule has 0 radical (unpaired) electrons. The number of nitro groups is 1. The number of nitrogens with one attached hydrogen (secondary N) is 1. The van der Waals surface area contributed by atoms with Crippen molar-refractivity contribution in [2.75, 3.05) is 37.1 Å². The number of benzene rings is 2. The number of nitrogens with zero attached hydrogens (tertiary/aromatic N) is 4. The van der Waals surface area contributed by atoms with Gasteiger partial charge in [-0.25, -0.2) is 4.98 Å². The minimum Gasteiger partial charge on any atom is -0.496 e. The summed E-state index contributed by atoms with van der Waals surface area (Å²) in [4.78, 5) is 29.5. The average Bonchev–Trinajstić information content (AvgIpc) is 3.35. The normalized spacial score (nSPS) is 14.1. The van der Waals surface area contributed by atoms with Gasteiger partial charge in [-0.15, -0.1) is 11.3 Å². The fourth-order valence-electron chi connectivity index (χ4n) is 4.43. The molecule has 2 heterocycles. The second-order valence-electron chi connectivity index (χ2n) is 8.50. The summed E-state index contributed by atoms with van der Waals surface area (Å²) >= 11 is 1.31. The number of rotatable bonds is 10. The first-order valence-corrected chi connectivity index (χ1v) is 12.9. The highest BCUT2D eigenvalue weighted by Gasteiger charge is 2.27. The topological polar surface area (TPSA) is 119 Å². The van der Waals surface area contributed by atoms with Crippen molar-refractivity contribution in [3.05, 3.63) is 74.8 Å². The molecule has 1 fully saturated rings. The molecule has 0 saturated carbocycles. The molecule has 11 heteroatoms. The Kier molecular flexibility index (Phi) is 8.68. The van der Waals surface area contributed by atoms with Crippen molar-refractivity contribution < 1.29 is 19.2 Å². The minimum atomic E-state index is -0.352. The van der Waals surface area contributed by atoms with Crippen LogP contribution in [0.4, 0.5) is 16.5 Å². The molecule has 2 aromatic carbocycles. The minimum absolute atomic E-state index is 0.0469. The number of carbonyl (C=O) groups is 1. The van der Waals surface area contributed by atoms with Crippen LogP contribution in [0, 0.1) is 10.1 Å². The SMILES string of the molecule is CCOC(=O)Cc1csc(NN=Cc2ccc(N3CCC(c4ccccc4OC)CC3)c([N+](=O)[O-])c2)n1. The van der Waals surface area contributed by atoms with E-state index in [1.807, 2.05) is 24.3 Å². The second kappa shape index (κ2) is 12.3. The zero-order valence-electron chi connectivity index (χ0n) is 20.8. The number of piperidine rings is 1. The maximum Gasteiger partial charge on any atom is 0.311 e. The van der Waals surface area contributed by atoms with Crippen LogP contribution < -0.4 is 15.1 Å². The summed E-state index contributed by atoms with van der Waals surface area (Å²) in [6, 6.07) is 13.2. The Balaban J connectivity index is 1.39. The van der Waals surface area contributed by atoms with E-state index in [2.05, 4.69) is 26.5 Å². The van der Waals surface area contributed by atoms with E-state index < -0.39 is 0 Å². The first-order chi connectivity index (χ1) is 18.0. The Morgan fingerprint density at radius 3 is 2.81 bits per heavy atom. The molecule has 37 heavy (non-hydrogen) atoms. The summed E-state index contributed by atoms with van der Waals surface area (Å²) in [7, 11) is 1.68. The zero-order chi connectivity index (χ0) is 26.2. The highest BCUT2D eigenvalue weighted by atomic mass is 32.1.